The maximum atomic E-state index is 14.2. The number of allylic oxidation sites excluding steroid dienone is 1. The molecule has 0 bridgehead atoms. The van der Waals surface area contributed by atoms with Gasteiger partial charge in [0.15, 0.2) is 0 Å². The summed E-state index contributed by atoms with van der Waals surface area (Å²) in [5, 5.41) is 15.0. The molecule has 7 nitrogen and oxygen atoms in total. The number of likely N-dealkylation sites (tertiary alicyclic amines) is 1. The Balaban J connectivity index is 2.04. The normalized spacial score (nSPS) is 20.5. The van der Waals surface area contributed by atoms with Crippen LogP contribution in [0.15, 0.2) is 11.3 Å². The van der Waals surface area contributed by atoms with Gasteiger partial charge in [-0.25, -0.2) is 4.39 Å². The first-order valence-corrected chi connectivity index (χ1v) is 12.7. The number of alkyl halides is 1. The SMILES string of the molecule is CCCN(CCC(C)CC)C(=O)CNC1=C(C(=N)C(=O)N2CCC(NC)CC2)CC(F)CC1. The number of carbonyl (C=O) groups is 2. The van der Waals surface area contributed by atoms with E-state index >= 15 is 0 Å². The van der Waals surface area contributed by atoms with Gasteiger partial charge >= 0.3 is 0 Å². The number of nitrogens with one attached hydrogen (secondary N) is 3. The third-order valence-corrected chi connectivity index (χ3v) is 7.09. The van der Waals surface area contributed by atoms with Gasteiger partial charge < -0.3 is 20.4 Å². The second-order valence-corrected chi connectivity index (χ2v) is 9.56. The van der Waals surface area contributed by atoms with E-state index in [1.807, 2.05) is 11.9 Å². The fourth-order valence-electron chi connectivity index (χ4n) is 4.51. The van der Waals surface area contributed by atoms with Crippen LogP contribution in [0.25, 0.3) is 0 Å². The van der Waals surface area contributed by atoms with Crippen LogP contribution in [0.2, 0.25) is 0 Å². The second kappa shape index (κ2) is 13.7. The Bertz CT molecular complexity index is 703. The van der Waals surface area contributed by atoms with E-state index in [-0.39, 0.29) is 30.5 Å². The maximum Gasteiger partial charge on any atom is 0.272 e. The largest absolute Gasteiger partial charge is 0.379 e. The summed E-state index contributed by atoms with van der Waals surface area (Å²) >= 11 is 0. The molecule has 2 rings (SSSR count). The average Bonchev–Trinajstić information content (AvgIpc) is 2.84. The first kappa shape index (κ1) is 27.3. The molecular formula is C25H44FN5O2. The summed E-state index contributed by atoms with van der Waals surface area (Å²) in [5.41, 5.74) is 0.986. The molecule has 8 heteroatoms. The van der Waals surface area contributed by atoms with Crippen molar-refractivity contribution in [3.05, 3.63) is 11.3 Å². The quantitative estimate of drug-likeness (QED) is 0.386. The summed E-state index contributed by atoms with van der Waals surface area (Å²) in [6, 6.07) is 0.391. The molecule has 0 radical (unpaired) electrons. The van der Waals surface area contributed by atoms with Gasteiger partial charge in [-0.2, -0.15) is 0 Å². The van der Waals surface area contributed by atoms with E-state index in [0.717, 1.165) is 38.6 Å². The van der Waals surface area contributed by atoms with Crippen LogP contribution < -0.4 is 10.6 Å². The molecule has 3 N–H and O–H groups in total. The summed E-state index contributed by atoms with van der Waals surface area (Å²) in [7, 11) is 1.92. The Morgan fingerprint density at radius 2 is 1.91 bits per heavy atom. The van der Waals surface area contributed by atoms with E-state index in [0.29, 0.717) is 55.7 Å². The summed E-state index contributed by atoms with van der Waals surface area (Å²) in [4.78, 5) is 29.5. The molecule has 1 saturated heterocycles. The number of carbonyl (C=O) groups excluding carboxylic acids is 2. The molecular weight excluding hydrogens is 421 g/mol. The van der Waals surface area contributed by atoms with Crippen LogP contribution >= 0.6 is 0 Å². The molecule has 1 heterocycles. The summed E-state index contributed by atoms with van der Waals surface area (Å²) in [5.74, 6) is 0.255. The number of rotatable bonds is 12. The molecule has 188 valence electrons. The summed E-state index contributed by atoms with van der Waals surface area (Å²) in [6.07, 6.45) is 4.43. The first-order valence-electron chi connectivity index (χ1n) is 12.7. The Morgan fingerprint density at radius 1 is 1.21 bits per heavy atom. The van der Waals surface area contributed by atoms with E-state index in [1.54, 1.807) is 4.90 Å². The van der Waals surface area contributed by atoms with Crippen LogP contribution in [-0.4, -0.2) is 79.3 Å². The van der Waals surface area contributed by atoms with Crippen molar-refractivity contribution in [2.24, 2.45) is 5.92 Å². The summed E-state index contributed by atoms with van der Waals surface area (Å²) < 4.78 is 14.2. The third kappa shape index (κ3) is 8.09. The molecule has 0 aromatic rings. The van der Waals surface area contributed by atoms with Crippen LogP contribution in [-0.2, 0) is 9.59 Å². The topological polar surface area (TPSA) is 88.5 Å². The van der Waals surface area contributed by atoms with E-state index in [9.17, 15) is 14.0 Å². The van der Waals surface area contributed by atoms with Crippen LogP contribution in [0.4, 0.5) is 4.39 Å². The second-order valence-electron chi connectivity index (χ2n) is 9.56. The lowest BCUT2D eigenvalue weighted by Crippen LogP contribution is -2.47. The van der Waals surface area contributed by atoms with Gasteiger partial charge in [-0.3, -0.25) is 15.0 Å². The maximum absolute atomic E-state index is 14.2. The monoisotopic (exact) mass is 465 g/mol. The highest BCUT2D eigenvalue weighted by Crippen LogP contribution is 2.27. The van der Waals surface area contributed by atoms with Gasteiger partial charge in [0.1, 0.15) is 11.9 Å². The van der Waals surface area contributed by atoms with E-state index < -0.39 is 6.17 Å². The highest BCUT2D eigenvalue weighted by Gasteiger charge is 2.31. The molecule has 33 heavy (non-hydrogen) atoms. The fourth-order valence-corrected chi connectivity index (χ4v) is 4.51. The van der Waals surface area contributed by atoms with Gasteiger partial charge in [-0.1, -0.05) is 27.2 Å². The van der Waals surface area contributed by atoms with E-state index in [1.165, 1.54) is 0 Å². The van der Waals surface area contributed by atoms with Gasteiger partial charge in [0.05, 0.1) is 6.54 Å². The van der Waals surface area contributed by atoms with Crippen LogP contribution in [0.1, 0.15) is 72.1 Å². The standard InChI is InChI=1S/C25H44FN5O2/c1-5-12-30(13-9-18(3)6-2)23(32)17-29-22-8-7-19(26)16-21(22)24(27)25(33)31-14-10-20(28-4)11-15-31/h18-20,27-29H,5-17H2,1-4H3. The molecule has 1 aliphatic carbocycles. The van der Waals surface area contributed by atoms with Crippen molar-refractivity contribution in [1.82, 2.24) is 20.4 Å². The lowest BCUT2D eigenvalue weighted by molar-refractivity contribution is -0.130. The molecule has 2 aliphatic rings. The Hall–Kier alpha value is -1.96. The van der Waals surface area contributed by atoms with E-state index in [4.69, 9.17) is 5.41 Å². The minimum Gasteiger partial charge on any atom is -0.379 e. The van der Waals surface area contributed by atoms with Gasteiger partial charge in [-0.15, -0.1) is 0 Å². The lowest BCUT2D eigenvalue weighted by atomic mass is 9.90. The van der Waals surface area contributed by atoms with Gasteiger partial charge in [0.25, 0.3) is 5.91 Å². The van der Waals surface area contributed by atoms with Gasteiger partial charge in [0, 0.05) is 49.9 Å². The molecule has 0 saturated carbocycles. The number of piperidine rings is 1. The minimum atomic E-state index is -1.06. The van der Waals surface area contributed by atoms with Crippen LogP contribution in [0.5, 0.6) is 0 Å². The zero-order valence-corrected chi connectivity index (χ0v) is 21.0. The molecule has 0 aromatic heterocycles. The molecule has 2 atom stereocenters. The fraction of sp³-hybridized carbons (Fsp3) is 0.800. The lowest BCUT2D eigenvalue weighted by Gasteiger charge is -2.33. The number of halogens is 1. The molecule has 1 aliphatic heterocycles. The third-order valence-electron chi connectivity index (χ3n) is 7.09. The first-order chi connectivity index (χ1) is 15.8. The van der Waals surface area contributed by atoms with Gasteiger partial charge in [0.2, 0.25) is 5.91 Å². The minimum absolute atomic E-state index is 0.0152. The molecule has 2 amide bonds. The molecule has 0 aromatic carbocycles. The smallest absolute Gasteiger partial charge is 0.272 e. The van der Waals surface area contributed by atoms with Crippen molar-refractivity contribution in [2.45, 2.75) is 84.4 Å². The van der Waals surface area contributed by atoms with Crippen molar-refractivity contribution < 1.29 is 14.0 Å². The average molecular weight is 466 g/mol. The van der Waals surface area contributed by atoms with Crippen molar-refractivity contribution in [3.8, 4) is 0 Å². The highest BCUT2D eigenvalue weighted by molar-refractivity contribution is 6.44. The zero-order chi connectivity index (χ0) is 24.4. The number of hydrogen-bond donors (Lipinski definition) is 3. The van der Waals surface area contributed by atoms with E-state index in [2.05, 4.69) is 31.4 Å². The number of hydrogen-bond acceptors (Lipinski definition) is 5. The van der Waals surface area contributed by atoms with Crippen molar-refractivity contribution in [2.75, 3.05) is 39.8 Å². The number of amides is 2. The zero-order valence-electron chi connectivity index (χ0n) is 21.0. The van der Waals surface area contributed by atoms with Crippen LogP contribution in [0, 0.1) is 11.3 Å². The Labute approximate surface area is 199 Å². The number of nitrogens with zero attached hydrogens (tertiary/aromatic N) is 2. The molecule has 2 unspecified atom stereocenters. The van der Waals surface area contributed by atoms with Crippen molar-refractivity contribution in [1.29, 1.82) is 5.41 Å². The Kier molecular flexibility index (Phi) is 11.3. The molecule has 1 fully saturated rings. The van der Waals surface area contributed by atoms with Gasteiger partial charge in [-0.05, 0) is 51.5 Å². The highest BCUT2D eigenvalue weighted by atomic mass is 19.1. The predicted molar refractivity (Wildman–Crippen MR) is 131 cm³/mol. The van der Waals surface area contributed by atoms with Crippen molar-refractivity contribution in [3.63, 3.8) is 0 Å². The molecule has 0 spiro atoms. The van der Waals surface area contributed by atoms with Crippen LogP contribution in [0.3, 0.4) is 0 Å². The predicted octanol–water partition coefficient (Wildman–Crippen LogP) is 3.26. The van der Waals surface area contributed by atoms with Crippen molar-refractivity contribution >= 4 is 17.5 Å². The Morgan fingerprint density at radius 3 is 2.52 bits per heavy atom. The summed E-state index contributed by atoms with van der Waals surface area (Å²) in [6.45, 7) is 9.18.